The Labute approximate surface area is 184 Å². The Morgan fingerprint density at radius 3 is 2.78 bits per heavy atom. The summed E-state index contributed by atoms with van der Waals surface area (Å²) in [6.07, 6.45) is -0.279. The van der Waals surface area contributed by atoms with Crippen LogP contribution in [-0.2, 0) is 9.59 Å². The third-order valence-electron chi connectivity index (χ3n) is 4.66. The monoisotopic (exact) mass is 453 g/mol. The van der Waals surface area contributed by atoms with E-state index < -0.39 is 27.6 Å². The number of nitrogens with zero attached hydrogens (tertiary/aromatic N) is 2. The number of amides is 2. The van der Waals surface area contributed by atoms with Crippen molar-refractivity contribution in [3.63, 3.8) is 0 Å². The summed E-state index contributed by atoms with van der Waals surface area (Å²) < 4.78 is 10.2. The van der Waals surface area contributed by atoms with Gasteiger partial charge in [-0.1, -0.05) is 30.0 Å². The number of rotatable bonds is 6. The fourth-order valence-corrected chi connectivity index (χ4v) is 4.18. The molecule has 10 nitrogen and oxygen atoms in total. The molecule has 0 saturated heterocycles. The van der Waals surface area contributed by atoms with E-state index in [1.807, 2.05) is 0 Å². The smallest absolute Gasteiger partial charge is 0.346 e. The number of nitro benzene ring substituents is 1. The highest BCUT2D eigenvalue weighted by Crippen LogP contribution is 2.31. The number of nitro groups is 1. The van der Waals surface area contributed by atoms with Crippen LogP contribution in [0.1, 0.15) is 12.0 Å². The highest BCUT2D eigenvalue weighted by atomic mass is 32.2. The summed E-state index contributed by atoms with van der Waals surface area (Å²) >= 11 is 0.976. The first-order chi connectivity index (χ1) is 15.4. The number of fused-ring (bicyclic) bond motifs is 1. The van der Waals surface area contributed by atoms with Gasteiger partial charge in [-0.25, -0.2) is 9.79 Å². The van der Waals surface area contributed by atoms with Crippen molar-refractivity contribution in [2.24, 2.45) is 4.99 Å². The highest BCUT2D eigenvalue weighted by Gasteiger charge is 2.33. The molecule has 0 spiro atoms. The number of para-hydroxylation sites is 1. The Morgan fingerprint density at radius 1 is 1.25 bits per heavy atom. The van der Waals surface area contributed by atoms with E-state index in [0.717, 1.165) is 11.8 Å². The van der Waals surface area contributed by atoms with Gasteiger partial charge in [0.25, 0.3) is 11.6 Å². The molecule has 1 atom stereocenters. The van der Waals surface area contributed by atoms with Crippen LogP contribution in [0.3, 0.4) is 0 Å². The summed E-state index contributed by atoms with van der Waals surface area (Å²) in [5, 5.41) is 13.7. The van der Waals surface area contributed by atoms with Gasteiger partial charge in [0.15, 0.2) is 0 Å². The molecule has 0 fully saturated rings. The van der Waals surface area contributed by atoms with E-state index in [1.165, 1.54) is 25.3 Å². The fourth-order valence-electron chi connectivity index (χ4n) is 3.11. The molecule has 1 aliphatic heterocycles. The van der Waals surface area contributed by atoms with Crippen molar-refractivity contribution in [2.45, 2.75) is 11.7 Å². The SMILES string of the molecule is COc1ccc(NC(=O)CC2SC(c3cc4ccccc4oc3=O)=NC2=O)c([N+](=O)[O-])c1. The van der Waals surface area contributed by atoms with Crippen LogP contribution in [0, 0.1) is 10.1 Å². The van der Waals surface area contributed by atoms with Crippen LogP contribution in [0.2, 0.25) is 0 Å². The van der Waals surface area contributed by atoms with Crippen LogP contribution >= 0.6 is 11.8 Å². The van der Waals surface area contributed by atoms with E-state index in [1.54, 1.807) is 30.3 Å². The van der Waals surface area contributed by atoms with E-state index in [0.29, 0.717) is 11.0 Å². The Balaban J connectivity index is 1.49. The van der Waals surface area contributed by atoms with E-state index in [9.17, 15) is 24.5 Å². The minimum atomic E-state index is -0.867. The summed E-state index contributed by atoms with van der Waals surface area (Å²) in [4.78, 5) is 51.7. The first-order valence-corrected chi connectivity index (χ1v) is 10.2. The molecule has 0 bridgehead atoms. The Morgan fingerprint density at radius 2 is 2.03 bits per heavy atom. The lowest BCUT2D eigenvalue weighted by molar-refractivity contribution is -0.384. The van der Waals surface area contributed by atoms with Crippen LogP contribution in [0.5, 0.6) is 5.75 Å². The van der Waals surface area contributed by atoms with Gasteiger partial charge in [-0.05, 0) is 24.3 Å². The lowest BCUT2D eigenvalue weighted by atomic mass is 10.2. The number of aliphatic imine (C=N–C) groups is 1. The number of ether oxygens (including phenoxy) is 1. The molecule has 11 heteroatoms. The Bertz CT molecular complexity index is 1350. The maximum atomic E-state index is 12.5. The van der Waals surface area contributed by atoms with E-state index in [2.05, 4.69) is 10.3 Å². The molecule has 1 unspecified atom stereocenters. The zero-order valence-corrected chi connectivity index (χ0v) is 17.4. The number of anilines is 1. The number of hydrogen-bond donors (Lipinski definition) is 1. The third kappa shape index (κ3) is 4.23. The largest absolute Gasteiger partial charge is 0.496 e. The summed E-state index contributed by atoms with van der Waals surface area (Å²) in [6, 6.07) is 12.5. The molecule has 1 aromatic heterocycles. The van der Waals surface area contributed by atoms with Gasteiger partial charge in [-0.15, -0.1) is 0 Å². The summed E-state index contributed by atoms with van der Waals surface area (Å²) in [7, 11) is 1.37. The maximum Gasteiger partial charge on any atom is 0.346 e. The van der Waals surface area contributed by atoms with Gasteiger partial charge in [0, 0.05) is 11.8 Å². The van der Waals surface area contributed by atoms with Crippen LogP contribution in [0.4, 0.5) is 11.4 Å². The molecule has 0 radical (unpaired) electrons. The second-order valence-electron chi connectivity index (χ2n) is 6.74. The average molecular weight is 453 g/mol. The molecule has 3 aromatic rings. The topological polar surface area (TPSA) is 141 Å². The first kappa shape index (κ1) is 21.2. The number of hydrogen-bond acceptors (Lipinski definition) is 8. The summed E-state index contributed by atoms with van der Waals surface area (Å²) in [6.45, 7) is 0. The maximum absolute atomic E-state index is 12.5. The van der Waals surface area contributed by atoms with Crippen molar-refractivity contribution >= 4 is 51.0 Å². The lowest BCUT2D eigenvalue weighted by Gasteiger charge is -2.09. The third-order valence-corrected chi connectivity index (χ3v) is 5.85. The van der Waals surface area contributed by atoms with Crippen LogP contribution in [0.15, 0.2) is 62.7 Å². The highest BCUT2D eigenvalue weighted by molar-refractivity contribution is 8.16. The predicted molar refractivity (Wildman–Crippen MR) is 118 cm³/mol. The minimum Gasteiger partial charge on any atom is -0.496 e. The average Bonchev–Trinajstić information content (AvgIpc) is 3.13. The Kier molecular flexibility index (Phi) is 5.73. The molecular weight excluding hydrogens is 438 g/mol. The standard InChI is InChI=1S/C21H15N3O7S/c1-30-12-6-7-14(15(9-12)24(28)29)22-18(25)10-17-19(26)23-20(32-17)13-8-11-4-2-3-5-16(11)31-21(13)27/h2-9,17H,10H2,1H3,(H,22,25). The number of thioether (sulfide) groups is 1. The van der Waals surface area contributed by atoms with Gasteiger partial charge in [0.05, 0.1) is 23.7 Å². The summed E-state index contributed by atoms with van der Waals surface area (Å²) in [5.41, 5.74) is -0.452. The van der Waals surface area contributed by atoms with Crippen molar-refractivity contribution in [3.8, 4) is 5.75 Å². The van der Waals surface area contributed by atoms with Gasteiger partial charge in [-0.3, -0.25) is 19.7 Å². The zero-order valence-electron chi connectivity index (χ0n) is 16.6. The van der Waals surface area contributed by atoms with Crippen LogP contribution in [-0.4, -0.2) is 34.1 Å². The van der Waals surface area contributed by atoms with E-state index in [4.69, 9.17) is 9.15 Å². The fraction of sp³-hybridized carbons (Fsp3) is 0.143. The van der Waals surface area contributed by atoms with Crippen molar-refractivity contribution in [1.29, 1.82) is 0 Å². The molecule has 162 valence electrons. The lowest BCUT2D eigenvalue weighted by Crippen LogP contribution is -2.22. The van der Waals surface area contributed by atoms with Gasteiger partial charge in [-0.2, -0.15) is 0 Å². The van der Waals surface area contributed by atoms with Crippen molar-refractivity contribution in [1.82, 2.24) is 0 Å². The molecule has 0 aliphatic carbocycles. The quantitative estimate of drug-likeness (QED) is 0.341. The van der Waals surface area contributed by atoms with Gasteiger partial charge >= 0.3 is 5.63 Å². The second kappa shape index (κ2) is 8.63. The molecule has 32 heavy (non-hydrogen) atoms. The number of nitrogens with one attached hydrogen (secondary N) is 1. The second-order valence-corrected chi connectivity index (χ2v) is 7.93. The number of methoxy groups -OCH3 is 1. The first-order valence-electron chi connectivity index (χ1n) is 9.30. The molecular formula is C21H15N3O7S. The minimum absolute atomic E-state index is 0.0208. The van der Waals surface area contributed by atoms with Crippen molar-refractivity contribution in [2.75, 3.05) is 12.4 Å². The van der Waals surface area contributed by atoms with Crippen LogP contribution < -0.4 is 15.7 Å². The van der Waals surface area contributed by atoms with Gasteiger partial charge in [0.2, 0.25) is 5.91 Å². The van der Waals surface area contributed by atoms with Crippen molar-refractivity contribution in [3.05, 3.63) is 74.6 Å². The Hall–Kier alpha value is -3.99. The zero-order chi connectivity index (χ0) is 22.8. The number of carbonyl (C=O) groups is 2. The predicted octanol–water partition coefficient (Wildman–Crippen LogP) is 3.13. The van der Waals surface area contributed by atoms with Gasteiger partial charge < -0.3 is 14.5 Å². The van der Waals surface area contributed by atoms with Crippen molar-refractivity contribution < 1.29 is 23.7 Å². The normalized spacial score (nSPS) is 15.5. The van der Waals surface area contributed by atoms with E-state index in [-0.39, 0.29) is 34.2 Å². The molecule has 2 amide bonds. The molecule has 1 aliphatic rings. The van der Waals surface area contributed by atoms with Gasteiger partial charge in [0.1, 0.15) is 27.3 Å². The molecule has 2 heterocycles. The number of benzene rings is 2. The molecule has 0 saturated carbocycles. The number of carbonyl (C=O) groups excluding carboxylic acids is 2. The molecule has 2 aromatic carbocycles. The molecule has 1 N–H and O–H groups in total. The van der Waals surface area contributed by atoms with E-state index >= 15 is 0 Å². The molecule has 4 rings (SSSR count). The van der Waals surface area contributed by atoms with Crippen LogP contribution in [0.25, 0.3) is 11.0 Å². The summed E-state index contributed by atoms with van der Waals surface area (Å²) in [5.74, 6) is -0.911.